The molecule has 0 bridgehead atoms. The number of rotatable bonds is 54. The van der Waals surface area contributed by atoms with Crippen LogP contribution in [0.25, 0.3) is 0 Å². The van der Waals surface area contributed by atoms with Crippen molar-refractivity contribution in [3.8, 4) is 0 Å². The molecule has 71 heavy (non-hydrogen) atoms. The molecule has 0 aromatic carbocycles. The van der Waals surface area contributed by atoms with E-state index >= 15 is 0 Å². The average molecular weight is 1020 g/mol. The first-order valence-corrected chi connectivity index (χ1v) is 31.9. The number of unbranched alkanes of at least 4 members (excludes halogenated alkanes) is 39. The fraction of sp³-hybridized carbons (Fsp3) is 0.934. The van der Waals surface area contributed by atoms with Crippen molar-refractivity contribution in [2.75, 3.05) is 24.7 Å². The maximum absolute atomic E-state index is 13.3. The minimum atomic E-state index is -0.847. The lowest BCUT2D eigenvalue weighted by Gasteiger charge is -2.25. The van der Waals surface area contributed by atoms with Crippen molar-refractivity contribution in [2.24, 2.45) is 0 Å². The Morgan fingerprint density at radius 3 is 1.14 bits per heavy atom. The van der Waals surface area contributed by atoms with E-state index in [2.05, 4.69) is 31.4 Å². The normalized spacial score (nSPS) is 12.4. The quantitative estimate of drug-likeness (QED) is 0.0351. The molecule has 0 aliphatic carbocycles. The molecule has 10 heteroatoms. The Bertz CT molecular complexity index is 1200. The van der Waals surface area contributed by atoms with E-state index in [4.69, 9.17) is 14.2 Å². The van der Waals surface area contributed by atoms with Crippen molar-refractivity contribution >= 4 is 35.7 Å². The minimum Gasteiger partial charge on any atom is -0.458 e. The lowest BCUT2D eigenvalue weighted by molar-refractivity contribution is -0.158. The number of carbonyl (C=O) groups is 4. The highest BCUT2D eigenvalue weighted by atomic mass is 32.2. The summed E-state index contributed by atoms with van der Waals surface area (Å²) in [4.78, 5) is 52.3. The Morgan fingerprint density at radius 1 is 0.437 bits per heavy atom. The second-order valence-corrected chi connectivity index (χ2v) is 23.2. The molecule has 0 unspecified atom stereocenters. The summed E-state index contributed by atoms with van der Waals surface area (Å²) in [6, 6.07) is -0.847. The number of ether oxygens (including phenoxy) is 3. The van der Waals surface area contributed by atoms with Gasteiger partial charge in [-0.2, -0.15) is 11.8 Å². The highest BCUT2D eigenvalue weighted by Crippen LogP contribution is 2.19. The summed E-state index contributed by atoms with van der Waals surface area (Å²) in [6.45, 7) is 12.7. The molecule has 420 valence electrons. The van der Waals surface area contributed by atoms with Crippen molar-refractivity contribution in [3.63, 3.8) is 0 Å². The molecule has 2 atom stereocenters. The highest BCUT2D eigenvalue weighted by Gasteiger charge is 2.28. The van der Waals surface area contributed by atoms with Crippen LogP contribution in [0.15, 0.2) is 0 Å². The van der Waals surface area contributed by atoms with E-state index in [1.807, 2.05) is 20.8 Å². The van der Waals surface area contributed by atoms with E-state index in [9.17, 15) is 19.2 Å². The summed E-state index contributed by atoms with van der Waals surface area (Å²) in [6.07, 6.45) is 52.4. The third kappa shape index (κ3) is 52.7. The lowest BCUT2D eigenvalue weighted by atomic mass is 10.0. The Hall–Kier alpha value is -1.97. The van der Waals surface area contributed by atoms with Crippen molar-refractivity contribution in [2.45, 2.75) is 342 Å². The maximum atomic E-state index is 13.3. The van der Waals surface area contributed by atoms with E-state index in [0.29, 0.717) is 25.1 Å². The topological polar surface area (TPSA) is 120 Å². The summed E-state index contributed by atoms with van der Waals surface area (Å²) >= 11 is 1.39. The van der Waals surface area contributed by atoms with E-state index in [0.717, 1.165) is 51.4 Å². The van der Waals surface area contributed by atoms with Crippen LogP contribution < -0.4 is 10.6 Å². The van der Waals surface area contributed by atoms with Crippen LogP contribution in [0.1, 0.15) is 324 Å². The molecule has 0 radical (unpaired) electrons. The molecular formula is C61H118N2O7S. The third-order valence-corrected chi connectivity index (χ3v) is 14.8. The molecule has 2 N–H and O–H groups in total. The minimum absolute atomic E-state index is 0.0787. The van der Waals surface area contributed by atoms with Gasteiger partial charge in [0, 0.05) is 30.9 Å². The summed E-state index contributed by atoms with van der Waals surface area (Å²) in [5.41, 5.74) is -0.710. The summed E-state index contributed by atoms with van der Waals surface area (Å²) in [7, 11) is 0. The first kappa shape index (κ1) is 69.0. The number of alkyl carbamates (subject to hydrolysis) is 1. The van der Waals surface area contributed by atoms with Gasteiger partial charge in [0.25, 0.3) is 0 Å². The van der Waals surface area contributed by atoms with Crippen LogP contribution in [0.4, 0.5) is 4.79 Å². The first-order valence-electron chi connectivity index (χ1n) is 30.7. The zero-order chi connectivity index (χ0) is 52.1. The largest absolute Gasteiger partial charge is 0.458 e. The molecule has 9 nitrogen and oxygen atoms in total. The van der Waals surface area contributed by atoms with Crippen LogP contribution in [0.2, 0.25) is 0 Å². The SMILES string of the molecule is CCCCCCCCCCCCCCCCCCNC(=O)OC[C@H](CSC[C@H](NC(=O)CCCCCCCCCCCCCCC)C(=O)OC(C)(C)C)OC(=O)CCCCCCCCCCCCCCC. The zero-order valence-corrected chi connectivity index (χ0v) is 48.7. The highest BCUT2D eigenvalue weighted by molar-refractivity contribution is 7.99. The Morgan fingerprint density at radius 2 is 0.775 bits per heavy atom. The third-order valence-electron chi connectivity index (χ3n) is 13.6. The number of hydrogen-bond donors (Lipinski definition) is 2. The molecule has 0 rings (SSSR count). The van der Waals surface area contributed by atoms with Gasteiger partial charge in [0.15, 0.2) is 0 Å². The number of amides is 2. The van der Waals surface area contributed by atoms with Crippen LogP contribution in [0.5, 0.6) is 0 Å². The van der Waals surface area contributed by atoms with Gasteiger partial charge >= 0.3 is 18.0 Å². The summed E-state index contributed by atoms with van der Waals surface area (Å²) in [5.74, 6) is -0.382. The Labute approximate surface area is 444 Å². The zero-order valence-electron chi connectivity index (χ0n) is 47.9. The Kier molecular flexibility index (Phi) is 51.4. The van der Waals surface area contributed by atoms with E-state index in [1.54, 1.807) is 0 Å². The number of carbonyl (C=O) groups excluding carboxylic acids is 4. The molecule has 0 saturated heterocycles. The van der Waals surface area contributed by atoms with Crippen LogP contribution in [-0.2, 0) is 28.6 Å². The Balaban J connectivity index is 4.88. The predicted octanol–water partition coefficient (Wildman–Crippen LogP) is 18.4. The lowest BCUT2D eigenvalue weighted by Crippen LogP contribution is -2.46. The number of thioether (sulfide) groups is 1. The fourth-order valence-corrected chi connectivity index (χ4v) is 10.2. The van der Waals surface area contributed by atoms with Crippen molar-refractivity contribution in [1.82, 2.24) is 10.6 Å². The van der Waals surface area contributed by atoms with E-state index < -0.39 is 29.8 Å². The van der Waals surface area contributed by atoms with Gasteiger partial charge in [-0.15, -0.1) is 0 Å². The van der Waals surface area contributed by atoms with Crippen LogP contribution in [0.3, 0.4) is 0 Å². The van der Waals surface area contributed by atoms with Gasteiger partial charge in [0.05, 0.1) is 0 Å². The fourth-order valence-electron chi connectivity index (χ4n) is 9.16. The van der Waals surface area contributed by atoms with Crippen LogP contribution >= 0.6 is 11.8 Å². The first-order chi connectivity index (χ1) is 34.5. The molecule has 0 fully saturated rings. The van der Waals surface area contributed by atoms with Crippen molar-refractivity contribution in [1.29, 1.82) is 0 Å². The monoisotopic (exact) mass is 1020 g/mol. The van der Waals surface area contributed by atoms with Gasteiger partial charge in [0.1, 0.15) is 24.4 Å². The summed E-state index contributed by atoms with van der Waals surface area (Å²) < 4.78 is 17.2. The second-order valence-electron chi connectivity index (χ2n) is 22.1. The van der Waals surface area contributed by atoms with Crippen molar-refractivity contribution < 1.29 is 33.4 Å². The molecule has 0 saturated carbocycles. The van der Waals surface area contributed by atoms with Gasteiger partial charge in [-0.1, -0.05) is 271 Å². The molecule has 0 aromatic rings. The van der Waals surface area contributed by atoms with E-state index in [1.165, 1.54) is 230 Å². The van der Waals surface area contributed by atoms with Gasteiger partial charge < -0.3 is 24.8 Å². The number of nitrogens with one attached hydrogen (secondary N) is 2. The van der Waals surface area contributed by atoms with Crippen LogP contribution in [-0.4, -0.2) is 66.3 Å². The smallest absolute Gasteiger partial charge is 0.407 e. The summed E-state index contributed by atoms with van der Waals surface area (Å²) in [5, 5.41) is 5.82. The number of esters is 2. The molecule has 0 aliphatic heterocycles. The molecule has 2 amide bonds. The van der Waals surface area contributed by atoms with Gasteiger partial charge in [-0.25, -0.2) is 9.59 Å². The molecule has 0 heterocycles. The molecule has 0 spiro atoms. The molecule has 0 aromatic heterocycles. The number of hydrogen-bond acceptors (Lipinski definition) is 8. The average Bonchev–Trinajstić information content (AvgIpc) is 3.33. The van der Waals surface area contributed by atoms with E-state index in [-0.39, 0.29) is 24.2 Å². The van der Waals surface area contributed by atoms with Crippen molar-refractivity contribution in [3.05, 3.63) is 0 Å². The standard InChI is InChI=1S/C61H118N2O7S/c1-7-10-13-16-19-22-25-28-29-30-33-36-39-42-45-48-51-62-60(67)68-52-55(69-58(65)50-47-44-41-38-35-32-27-24-21-18-15-12-9-3)53-71-54-56(59(66)70-61(4,5)6)63-57(64)49-46-43-40-37-34-31-26-23-20-17-14-11-8-2/h55-56H,7-54H2,1-6H3,(H,62,67)(H,63,64)/t55-,56+/m1/s1. The van der Waals surface area contributed by atoms with Gasteiger partial charge in [-0.05, 0) is 40.0 Å². The van der Waals surface area contributed by atoms with Gasteiger partial charge in [-0.3, -0.25) is 9.59 Å². The predicted molar refractivity (Wildman–Crippen MR) is 305 cm³/mol. The van der Waals surface area contributed by atoms with Crippen LogP contribution in [0, 0.1) is 0 Å². The molecular weight excluding hydrogens is 905 g/mol. The maximum Gasteiger partial charge on any atom is 0.407 e. The second kappa shape index (κ2) is 52.9. The van der Waals surface area contributed by atoms with Gasteiger partial charge in [0.2, 0.25) is 5.91 Å². The molecule has 0 aliphatic rings.